The zero-order valence-corrected chi connectivity index (χ0v) is 15.7. The molecule has 4 nitrogen and oxygen atoms in total. The Morgan fingerprint density at radius 2 is 1.56 bits per heavy atom. The maximum Gasteiger partial charge on any atom is 0.342 e. The van der Waals surface area contributed by atoms with Crippen molar-refractivity contribution < 1.29 is 14.3 Å². The van der Waals surface area contributed by atoms with Crippen LogP contribution < -0.4 is 0 Å². The fourth-order valence-corrected chi connectivity index (χ4v) is 3.22. The van der Waals surface area contributed by atoms with Crippen LogP contribution in [0, 0.1) is 13.8 Å². The zero-order chi connectivity index (χ0) is 19.4. The van der Waals surface area contributed by atoms with Gasteiger partial charge in [0.25, 0.3) is 0 Å². The van der Waals surface area contributed by atoms with Gasteiger partial charge in [-0.1, -0.05) is 72.3 Å². The lowest BCUT2D eigenvalue weighted by Crippen LogP contribution is -2.21. The summed E-state index contributed by atoms with van der Waals surface area (Å²) in [4.78, 5) is 29.9. The highest BCUT2D eigenvalue weighted by molar-refractivity contribution is 6.32. The van der Waals surface area contributed by atoms with E-state index in [1.807, 2.05) is 12.1 Å². The molecule has 1 atom stereocenters. The van der Waals surface area contributed by atoms with Gasteiger partial charge < -0.3 is 4.74 Å². The number of pyridine rings is 1. The van der Waals surface area contributed by atoms with Gasteiger partial charge in [-0.3, -0.25) is 4.79 Å². The molecule has 3 aromatic rings. The average molecular weight is 380 g/mol. The molecule has 1 aromatic heterocycles. The third-order valence-electron chi connectivity index (χ3n) is 4.13. The lowest BCUT2D eigenvalue weighted by Gasteiger charge is -2.18. The number of benzene rings is 2. The zero-order valence-electron chi connectivity index (χ0n) is 15.0. The molecule has 0 saturated heterocycles. The lowest BCUT2D eigenvalue weighted by atomic mass is 9.99. The smallest absolute Gasteiger partial charge is 0.342 e. The molecule has 5 heteroatoms. The summed E-state index contributed by atoms with van der Waals surface area (Å²) in [5.41, 5.74) is 2.58. The van der Waals surface area contributed by atoms with Crippen molar-refractivity contribution in [2.75, 3.05) is 0 Å². The number of rotatable bonds is 5. The Morgan fingerprint density at radius 3 is 2.15 bits per heavy atom. The number of aryl methyl sites for hydroxylation is 2. The van der Waals surface area contributed by atoms with Crippen LogP contribution in [0.2, 0.25) is 5.15 Å². The van der Waals surface area contributed by atoms with Crippen molar-refractivity contribution in [2.45, 2.75) is 20.0 Å². The molecule has 0 amide bonds. The molecule has 0 aliphatic heterocycles. The quantitative estimate of drug-likeness (QED) is 0.350. The Morgan fingerprint density at radius 1 is 0.963 bits per heavy atom. The van der Waals surface area contributed by atoms with Gasteiger partial charge in [0.2, 0.25) is 5.78 Å². The largest absolute Gasteiger partial charge is 0.445 e. The van der Waals surface area contributed by atoms with E-state index < -0.39 is 12.1 Å². The summed E-state index contributed by atoms with van der Waals surface area (Å²) in [7, 11) is 0. The van der Waals surface area contributed by atoms with E-state index in [-0.39, 0.29) is 16.5 Å². The van der Waals surface area contributed by atoms with Crippen LogP contribution in [0.15, 0.2) is 66.7 Å². The topological polar surface area (TPSA) is 56.3 Å². The molecule has 0 spiro atoms. The normalized spacial score (nSPS) is 11.7. The third kappa shape index (κ3) is 4.23. The van der Waals surface area contributed by atoms with Crippen LogP contribution in [-0.2, 0) is 4.74 Å². The summed E-state index contributed by atoms with van der Waals surface area (Å²) in [6.07, 6.45) is -1.07. The minimum Gasteiger partial charge on any atom is -0.445 e. The van der Waals surface area contributed by atoms with E-state index in [0.717, 1.165) is 0 Å². The fraction of sp³-hybridized carbons (Fsp3) is 0.136. The first-order valence-electron chi connectivity index (χ1n) is 8.46. The standard InChI is InChI=1S/C22H18ClNO3/c1-14-13-15(2)24-21(23)18(14)22(26)27-20(17-11-7-4-8-12-17)19(25)16-9-5-3-6-10-16/h3-13,20H,1-2H3/t20-/m0/s1. The Balaban J connectivity index is 1.97. The van der Waals surface area contributed by atoms with Crippen molar-refractivity contribution in [3.05, 3.63) is 99.8 Å². The monoisotopic (exact) mass is 379 g/mol. The van der Waals surface area contributed by atoms with Crippen LogP contribution in [-0.4, -0.2) is 16.7 Å². The highest BCUT2D eigenvalue weighted by atomic mass is 35.5. The number of esters is 1. The van der Waals surface area contributed by atoms with E-state index in [4.69, 9.17) is 16.3 Å². The minimum atomic E-state index is -1.07. The van der Waals surface area contributed by atoms with Gasteiger partial charge in [-0.05, 0) is 25.5 Å². The molecule has 3 rings (SSSR count). The summed E-state index contributed by atoms with van der Waals surface area (Å²) in [6, 6.07) is 19.4. The number of carbonyl (C=O) groups excluding carboxylic acids is 2. The second-order valence-electron chi connectivity index (χ2n) is 6.17. The molecule has 0 aliphatic carbocycles. The second-order valence-corrected chi connectivity index (χ2v) is 6.53. The van der Waals surface area contributed by atoms with Crippen LogP contribution in [0.4, 0.5) is 0 Å². The lowest BCUT2D eigenvalue weighted by molar-refractivity contribution is 0.0279. The van der Waals surface area contributed by atoms with Gasteiger partial charge in [-0.25, -0.2) is 9.78 Å². The summed E-state index contributed by atoms with van der Waals surface area (Å²) >= 11 is 6.16. The van der Waals surface area contributed by atoms with Crippen LogP contribution >= 0.6 is 11.6 Å². The molecule has 27 heavy (non-hydrogen) atoms. The van der Waals surface area contributed by atoms with Gasteiger partial charge in [-0.15, -0.1) is 0 Å². The number of halogens is 1. The minimum absolute atomic E-state index is 0.0662. The molecule has 2 aromatic carbocycles. The van der Waals surface area contributed by atoms with Crippen LogP contribution in [0.25, 0.3) is 0 Å². The van der Waals surface area contributed by atoms with Crippen molar-refractivity contribution in [3.8, 4) is 0 Å². The Kier molecular flexibility index (Phi) is 5.67. The van der Waals surface area contributed by atoms with Gasteiger partial charge in [0.15, 0.2) is 6.10 Å². The summed E-state index contributed by atoms with van der Waals surface area (Å²) in [5.74, 6) is -0.980. The predicted molar refractivity (Wildman–Crippen MR) is 104 cm³/mol. The maximum absolute atomic E-state index is 13.0. The number of hydrogen-bond donors (Lipinski definition) is 0. The Bertz CT molecular complexity index is 948. The molecule has 1 heterocycles. The van der Waals surface area contributed by atoms with Gasteiger partial charge in [0, 0.05) is 16.8 Å². The number of aromatic nitrogens is 1. The number of Topliss-reactive ketones (excluding diaryl/α,β-unsaturated/α-hetero) is 1. The fourth-order valence-electron chi connectivity index (χ4n) is 2.86. The first-order valence-corrected chi connectivity index (χ1v) is 8.84. The Labute approximate surface area is 162 Å². The molecule has 0 saturated carbocycles. The molecular weight excluding hydrogens is 362 g/mol. The number of ether oxygens (including phenoxy) is 1. The number of nitrogens with zero attached hydrogens (tertiary/aromatic N) is 1. The highest BCUT2D eigenvalue weighted by Gasteiger charge is 2.28. The first kappa shape index (κ1) is 18.8. The average Bonchev–Trinajstić information content (AvgIpc) is 2.66. The van der Waals surface area contributed by atoms with E-state index >= 15 is 0 Å². The molecule has 136 valence electrons. The molecule has 0 bridgehead atoms. The Hall–Kier alpha value is -2.98. The number of ketones is 1. The van der Waals surface area contributed by atoms with Crippen molar-refractivity contribution in [1.29, 1.82) is 0 Å². The number of hydrogen-bond acceptors (Lipinski definition) is 4. The van der Waals surface area contributed by atoms with Gasteiger partial charge in [-0.2, -0.15) is 0 Å². The number of carbonyl (C=O) groups is 2. The summed E-state index contributed by atoms with van der Waals surface area (Å²) < 4.78 is 5.63. The van der Waals surface area contributed by atoms with Crippen LogP contribution in [0.3, 0.4) is 0 Å². The van der Waals surface area contributed by atoms with E-state index in [1.54, 1.807) is 68.4 Å². The molecule has 0 N–H and O–H groups in total. The van der Waals surface area contributed by atoms with E-state index in [1.165, 1.54) is 0 Å². The van der Waals surface area contributed by atoms with Gasteiger partial charge in [0.05, 0.1) is 5.56 Å². The van der Waals surface area contributed by atoms with Crippen LogP contribution in [0.1, 0.15) is 43.6 Å². The molecular formula is C22H18ClNO3. The second kappa shape index (κ2) is 8.14. The SMILES string of the molecule is Cc1cc(C)c(C(=O)O[C@H](C(=O)c2ccccc2)c2ccccc2)c(Cl)n1. The molecule has 0 aliphatic rings. The summed E-state index contributed by atoms with van der Waals surface area (Å²) in [5, 5.41) is 0.0662. The van der Waals surface area contributed by atoms with Gasteiger partial charge >= 0.3 is 5.97 Å². The molecule has 0 fully saturated rings. The summed E-state index contributed by atoms with van der Waals surface area (Å²) in [6.45, 7) is 3.55. The predicted octanol–water partition coefficient (Wildman–Crippen LogP) is 5.13. The van der Waals surface area contributed by atoms with Crippen molar-refractivity contribution in [1.82, 2.24) is 4.98 Å². The highest BCUT2D eigenvalue weighted by Crippen LogP contribution is 2.27. The maximum atomic E-state index is 13.0. The van der Waals surface area contributed by atoms with Crippen molar-refractivity contribution in [3.63, 3.8) is 0 Å². The van der Waals surface area contributed by atoms with Gasteiger partial charge in [0.1, 0.15) is 5.15 Å². The molecule has 0 unspecified atom stereocenters. The van der Waals surface area contributed by atoms with E-state index in [9.17, 15) is 9.59 Å². The van der Waals surface area contributed by atoms with E-state index in [0.29, 0.717) is 22.4 Å². The van der Waals surface area contributed by atoms with Crippen molar-refractivity contribution >= 4 is 23.4 Å². The van der Waals surface area contributed by atoms with Crippen molar-refractivity contribution in [2.24, 2.45) is 0 Å². The van der Waals surface area contributed by atoms with E-state index in [2.05, 4.69) is 4.98 Å². The first-order chi connectivity index (χ1) is 13.0. The third-order valence-corrected chi connectivity index (χ3v) is 4.40. The van der Waals surface area contributed by atoms with Crippen LogP contribution in [0.5, 0.6) is 0 Å². The molecule has 0 radical (unpaired) electrons.